The van der Waals surface area contributed by atoms with E-state index in [1.165, 1.54) is 0 Å². The maximum absolute atomic E-state index is 5.65. The molecule has 0 radical (unpaired) electrons. The fraction of sp³-hybridized carbons (Fsp3) is 1.00. The van der Waals surface area contributed by atoms with E-state index < -0.39 is 0 Å². The zero-order chi connectivity index (χ0) is 7.72. The number of nitrogens with one attached hydrogen (secondary N) is 1. The van der Waals surface area contributed by atoms with Gasteiger partial charge in [-0.25, -0.2) is 0 Å². The highest BCUT2D eigenvalue weighted by Gasteiger charge is 2.34. The summed E-state index contributed by atoms with van der Waals surface area (Å²) in [5, 5.41) is 3.48. The Labute approximate surface area is 63.2 Å². The Hall–Kier alpha value is -0.0800. The van der Waals surface area contributed by atoms with Crippen LogP contribution in [-0.2, 0) is 0 Å². The van der Waals surface area contributed by atoms with Crippen molar-refractivity contribution in [3.8, 4) is 0 Å². The van der Waals surface area contributed by atoms with Gasteiger partial charge in [-0.15, -0.1) is 0 Å². The van der Waals surface area contributed by atoms with E-state index in [0.717, 1.165) is 6.42 Å². The van der Waals surface area contributed by atoms with Crippen LogP contribution in [-0.4, -0.2) is 18.1 Å². The van der Waals surface area contributed by atoms with Crippen molar-refractivity contribution in [2.45, 2.75) is 45.3 Å². The molecule has 2 heteroatoms. The molecule has 1 aliphatic rings. The molecule has 60 valence electrons. The standard InChI is InChI=1S/C8H18N2/c1-5(2)6(3)10-8-4-7(8)9/h5-8,10H,4,9H2,1-3H3. The molecular weight excluding hydrogens is 124 g/mol. The molecule has 0 aromatic heterocycles. The molecule has 3 atom stereocenters. The zero-order valence-electron chi connectivity index (χ0n) is 7.09. The molecule has 3 N–H and O–H groups in total. The minimum absolute atomic E-state index is 0.432. The maximum Gasteiger partial charge on any atom is 0.0237 e. The Morgan fingerprint density at radius 3 is 2.20 bits per heavy atom. The van der Waals surface area contributed by atoms with E-state index in [-0.39, 0.29) is 0 Å². The minimum atomic E-state index is 0.432. The van der Waals surface area contributed by atoms with Gasteiger partial charge in [-0.3, -0.25) is 0 Å². The Balaban J connectivity index is 2.13. The van der Waals surface area contributed by atoms with Crippen LogP contribution in [0.25, 0.3) is 0 Å². The van der Waals surface area contributed by atoms with E-state index in [4.69, 9.17) is 5.73 Å². The Kier molecular flexibility index (Phi) is 2.32. The molecule has 10 heavy (non-hydrogen) atoms. The van der Waals surface area contributed by atoms with Gasteiger partial charge in [0.15, 0.2) is 0 Å². The monoisotopic (exact) mass is 142 g/mol. The molecular formula is C8H18N2. The van der Waals surface area contributed by atoms with Crippen LogP contribution >= 0.6 is 0 Å². The number of rotatable bonds is 3. The van der Waals surface area contributed by atoms with Gasteiger partial charge in [-0.2, -0.15) is 0 Å². The van der Waals surface area contributed by atoms with Crippen molar-refractivity contribution >= 4 is 0 Å². The third-order valence-corrected chi connectivity index (χ3v) is 2.32. The average Bonchev–Trinajstić information content (AvgIpc) is 2.46. The highest BCUT2D eigenvalue weighted by atomic mass is 15.0. The summed E-state index contributed by atoms with van der Waals surface area (Å²) in [6.45, 7) is 6.67. The van der Waals surface area contributed by atoms with Crippen molar-refractivity contribution in [2.75, 3.05) is 0 Å². The van der Waals surface area contributed by atoms with Crippen LogP contribution in [0, 0.1) is 5.92 Å². The molecule has 0 bridgehead atoms. The molecule has 1 rings (SSSR count). The number of hydrogen-bond donors (Lipinski definition) is 2. The normalized spacial score (nSPS) is 34.5. The van der Waals surface area contributed by atoms with Crippen LogP contribution in [0.3, 0.4) is 0 Å². The number of hydrogen-bond acceptors (Lipinski definition) is 2. The summed E-state index contributed by atoms with van der Waals surface area (Å²) >= 11 is 0. The van der Waals surface area contributed by atoms with Crippen LogP contribution in [0.2, 0.25) is 0 Å². The first-order chi connectivity index (χ1) is 4.61. The van der Waals surface area contributed by atoms with Gasteiger partial charge in [0.25, 0.3) is 0 Å². The molecule has 0 spiro atoms. The summed E-state index contributed by atoms with van der Waals surface area (Å²) in [5.74, 6) is 0.716. The van der Waals surface area contributed by atoms with Gasteiger partial charge in [0, 0.05) is 18.1 Å². The molecule has 0 heterocycles. The van der Waals surface area contributed by atoms with E-state index in [1.807, 2.05) is 0 Å². The largest absolute Gasteiger partial charge is 0.326 e. The predicted octanol–water partition coefficient (Wildman–Crippen LogP) is 0.720. The molecule has 0 aromatic rings. The molecule has 0 aromatic carbocycles. The summed E-state index contributed by atoms with van der Waals surface area (Å²) in [6.07, 6.45) is 1.16. The van der Waals surface area contributed by atoms with Gasteiger partial charge in [0.1, 0.15) is 0 Å². The summed E-state index contributed by atoms with van der Waals surface area (Å²) in [7, 11) is 0. The topological polar surface area (TPSA) is 38.0 Å². The Bertz CT molecular complexity index is 112. The van der Waals surface area contributed by atoms with E-state index in [0.29, 0.717) is 24.0 Å². The lowest BCUT2D eigenvalue weighted by Crippen LogP contribution is -2.35. The fourth-order valence-electron chi connectivity index (χ4n) is 0.936. The van der Waals surface area contributed by atoms with Crippen molar-refractivity contribution in [3.05, 3.63) is 0 Å². The van der Waals surface area contributed by atoms with Crippen molar-refractivity contribution < 1.29 is 0 Å². The van der Waals surface area contributed by atoms with Gasteiger partial charge in [0.2, 0.25) is 0 Å². The Morgan fingerprint density at radius 2 is 1.90 bits per heavy atom. The van der Waals surface area contributed by atoms with Crippen molar-refractivity contribution in [2.24, 2.45) is 11.7 Å². The van der Waals surface area contributed by atoms with Crippen molar-refractivity contribution in [1.82, 2.24) is 5.32 Å². The fourth-order valence-corrected chi connectivity index (χ4v) is 0.936. The summed E-state index contributed by atoms with van der Waals surface area (Å²) in [6, 6.07) is 1.65. The lowest BCUT2D eigenvalue weighted by molar-refractivity contribution is 0.421. The highest BCUT2D eigenvalue weighted by Crippen LogP contribution is 2.19. The molecule has 0 aliphatic heterocycles. The molecule has 0 amide bonds. The summed E-state index contributed by atoms with van der Waals surface area (Å²) in [4.78, 5) is 0. The first-order valence-corrected chi connectivity index (χ1v) is 4.13. The lowest BCUT2D eigenvalue weighted by atomic mass is 10.1. The van der Waals surface area contributed by atoms with E-state index in [9.17, 15) is 0 Å². The second kappa shape index (κ2) is 2.89. The average molecular weight is 142 g/mol. The SMILES string of the molecule is CC(C)C(C)NC1CC1N. The molecule has 1 fully saturated rings. The van der Waals surface area contributed by atoms with Crippen LogP contribution in [0.4, 0.5) is 0 Å². The molecule has 1 aliphatic carbocycles. The van der Waals surface area contributed by atoms with Crippen LogP contribution in [0.5, 0.6) is 0 Å². The smallest absolute Gasteiger partial charge is 0.0237 e. The molecule has 3 unspecified atom stereocenters. The second-order valence-electron chi connectivity index (χ2n) is 3.71. The van der Waals surface area contributed by atoms with Crippen molar-refractivity contribution in [3.63, 3.8) is 0 Å². The van der Waals surface area contributed by atoms with E-state index in [1.54, 1.807) is 0 Å². The molecule has 0 saturated heterocycles. The third-order valence-electron chi connectivity index (χ3n) is 2.32. The summed E-state index contributed by atoms with van der Waals surface area (Å²) in [5.41, 5.74) is 5.65. The summed E-state index contributed by atoms with van der Waals surface area (Å²) < 4.78 is 0. The van der Waals surface area contributed by atoms with E-state index in [2.05, 4.69) is 26.1 Å². The van der Waals surface area contributed by atoms with Gasteiger partial charge in [-0.05, 0) is 19.3 Å². The van der Waals surface area contributed by atoms with Gasteiger partial charge >= 0.3 is 0 Å². The van der Waals surface area contributed by atoms with E-state index >= 15 is 0 Å². The minimum Gasteiger partial charge on any atom is -0.326 e. The van der Waals surface area contributed by atoms with Crippen LogP contribution in [0.1, 0.15) is 27.2 Å². The quantitative estimate of drug-likeness (QED) is 0.609. The van der Waals surface area contributed by atoms with Crippen LogP contribution in [0.15, 0.2) is 0 Å². The lowest BCUT2D eigenvalue weighted by Gasteiger charge is -2.16. The first-order valence-electron chi connectivity index (χ1n) is 4.13. The molecule has 2 nitrogen and oxygen atoms in total. The molecule has 1 saturated carbocycles. The highest BCUT2D eigenvalue weighted by molar-refractivity contribution is 4.98. The Morgan fingerprint density at radius 1 is 1.40 bits per heavy atom. The maximum atomic E-state index is 5.65. The van der Waals surface area contributed by atoms with Crippen LogP contribution < -0.4 is 11.1 Å². The predicted molar refractivity (Wildman–Crippen MR) is 43.8 cm³/mol. The zero-order valence-corrected chi connectivity index (χ0v) is 7.09. The number of nitrogens with two attached hydrogens (primary N) is 1. The van der Waals surface area contributed by atoms with Gasteiger partial charge in [0.05, 0.1) is 0 Å². The van der Waals surface area contributed by atoms with Crippen molar-refractivity contribution in [1.29, 1.82) is 0 Å². The van der Waals surface area contributed by atoms with Gasteiger partial charge < -0.3 is 11.1 Å². The first kappa shape index (κ1) is 8.02. The second-order valence-corrected chi connectivity index (χ2v) is 3.71. The third kappa shape index (κ3) is 1.96. The van der Waals surface area contributed by atoms with Gasteiger partial charge in [-0.1, -0.05) is 13.8 Å².